The molecule has 0 aromatic heterocycles. The van der Waals surface area contributed by atoms with Crippen LogP contribution in [0.4, 0.5) is 0 Å². The van der Waals surface area contributed by atoms with Gasteiger partial charge in [0.25, 0.3) is 0 Å². The minimum Gasteiger partial charge on any atom is -0.384 e. The maximum atomic E-state index is 12.5. The summed E-state index contributed by atoms with van der Waals surface area (Å²) in [6.45, 7) is 3.22. The van der Waals surface area contributed by atoms with Gasteiger partial charge in [-0.2, -0.15) is 0 Å². The molecule has 0 aliphatic heterocycles. The second-order valence-electron chi connectivity index (χ2n) is 6.95. The first-order valence-electron chi connectivity index (χ1n) is 8.83. The standard InChI is InChI=1S/C22H22ClNO3S/c1-16-8-13-20(14-21(16)23)28(26,27)24-15-22(2,25)19-11-9-18(10-12-19)17-6-4-3-5-7-17/h3-14,24-25H,15H2,1-2H3. The highest BCUT2D eigenvalue weighted by Crippen LogP contribution is 2.26. The van der Waals surface area contributed by atoms with E-state index in [2.05, 4.69) is 4.72 Å². The molecule has 0 fully saturated rings. The summed E-state index contributed by atoms with van der Waals surface area (Å²) in [5, 5.41) is 11.2. The molecule has 0 radical (unpaired) electrons. The Balaban J connectivity index is 1.75. The predicted molar refractivity (Wildman–Crippen MR) is 113 cm³/mol. The smallest absolute Gasteiger partial charge is 0.240 e. The minimum absolute atomic E-state index is 0.0679. The van der Waals surface area contributed by atoms with Gasteiger partial charge >= 0.3 is 0 Å². The molecule has 6 heteroatoms. The highest BCUT2D eigenvalue weighted by Gasteiger charge is 2.26. The quantitative estimate of drug-likeness (QED) is 0.622. The molecule has 3 aromatic carbocycles. The number of benzene rings is 3. The van der Waals surface area contributed by atoms with Crippen LogP contribution in [0.15, 0.2) is 77.7 Å². The van der Waals surface area contributed by atoms with E-state index < -0.39 is 15.6 Å². The molecule has 0 saturated carbocycles. The van der Waals surface area contributed by atoms with Gasteiger partial charge in [0.15, 0.2) is 0 Å². The highest BCUT2D eigenvalue weighted by molar-refractivity contribution is 7.89. The number of aryl methyl sites for hydroxylation is 1. The van der Waals surface area contributed by atoms with Crippen LogP contribution in [-0.4, -0.2) is 20.1 Å². The third kappa shape index (κ3) is 4.62. The second-order valence-corrected chi connectivity index (χ2v) is 9.13. The number of aliphatic hydroxyl groups is 1. The molecular formula is C22H22ClNO3S. The van der Waals surface area contributed by atoms with Crippen molar-refractivity contribution in [1.29, 1.82) is 0 Å². The molecule has 0 heterocycles. The van der Waals surface area contributed by atoms with Crippen molar-refractivity contribution < 1.29 is 13.5 Å². The van der Waals surface area contributed by atoms with Crippen molar-refractivity contribution >= 4 is 21.6 Å². The van der Waals surface area contributed by atoms with Crippen molar-refractivity contribution in [3.8, 4) is 11.1 Å². The fourth-order valence-corrected chi connectivity index (χ4v) is 4.22. The Kier molecular flexibility index (Phi) is 5.91. The lowest BCUT2D eigenvalue weighted by atomic mass is 9.94. The Morgan fingerprint density at radius 2 is 1.57 bits per heavy atom. The summed E-state index contributed by atoms with van der Waals surface area (Å²) in [4.78, 5) is 0.0679. The van der Waals surface area contributed by atoms with E-state index in [1.807, 2.05) is 42.5 Å². The number of rotatable bonds is 6. The van der Waals surface area contributed by atoms with Gasteiger partial charge in [0, 0.05) is 11.6 Å². The van der Waals surface area contributed by atoms with Gasteiger partial charge in [0.05, 0.1) is 4.90 Å². The second kappa shape index (κ2) is 8.05. The van der Waals surface area contributed by atoms with Crippen molar-refractivity contribution in [2.75, 3.05) is 6.54 Å². The van der Waals surface area contributed by atoms with Crippen LogP contribution in [0.25, 0.3) is 11.1 Å². The highest BCUT2D eigenvalue weighted by atomic mass is 35.5. The average Bonchev–Trinajstić information content (AvgIpc) is 2.69. The summed E-state index contributed by atoms with van der Waals surface area (Å²) >= 11 is 6.03. The summed E-state index contributed by atoms with van der Waals surface area (Å²) in [6, 6.07) is 21.9. The zero-order valence-corrected chi connectivity index (χ0v) is 17.3. The first kappa shape index (κ1) is 20.6. The maximum Gasteiger partial charge on any atom is 0.240 e. The minimum atomic E-state index is -3.79. The van der Waals surface area contributed by atoms with Crippen molar-refractivity contribution in [2.24, 2.45) is 0 Å². The molecule has 2 N–H and O–H groups in total. The lowest BCUT2D eigenvalue weighted by Gasteiger charge is -2.24. The summed E-state index contributed by atoms with van der Waals surface area (Å²) < 4.78 is 27.5. The monoisotopic (exact) mass is 415 g/mol. The number of sulfonamides is 1. The van der Waals surface area contributed by atoms with Crippen molar-refractivity contribution in [3.63, 3.8) is 0 Å². The number of halogens is 1. The Hall–Kier alpha value is -2.18. The molecule has 0 bridgehead atoms. The lowest BCUT2D eigenvalue weighted by Crippen LogP contribution is -2.38. The Labute approximate surface area is 170 Å². The van der Waals surface area contributed by atoms with Gasteiger partial charge in [-0.15, -0.1) is 0 Å². The van der Waals surface area contributed by atoms with Crippen LogP contribution in [-0.2, 0) is 15.6 Å². The molecule has 1 atom stereocenters. The molecule has 3 aromatic rings. The van der Waals surface area contributed by atoms with Gasteiger partial charge in [-0.05, 0) is 48.2 Å². The summed E-state index contributed by atoms with van der Waals surface area (Å²) in [5.74, 6) is 0. The molecule has 0 amide bonds. The van der Waals surface area contributed by atoms with Crippen LogP contribution in [0, 0.1) is 6.92 Å². The van der Waals surface area contributed by atoms with E-state index in [9.17, 15) is 13.5 Å². The van der Waals surface area contributed by atoms with Gasteiger partial charge < -0.3 is 5.11 Å². The first-order chi connectivity index (χ1) is 13.2. The normalized spacial score (nSPS) is 13.9. The van der Waals surface area contributed by atoms with E-state index in [1.165, 1.54) is 12.1 Å². The van der Waals surface area contributed by atoms with Crippen LogP contribution < -0.4 is 4.72 Å². The number of nitrogens with one attached hydrogen (secondary N) is 1. The van der Waals surface area contributed by atoms with Crippen molar-refractivity contribution in [3.05, 3.63) is 88.9 Å². The van der Waals surface area contributed by atoms with Gasteiger partial charge in [-0.25, -0.2) is 13.1 Å². The summed E-state index contributed by atoms with van der Waals surface area (Å²) in [5.41, 5.74) is 2.15. The molecule has 0 aliphatic rings. The van der Waals surface area contributed by atoms with Gasteiger partial charge in [-0.1, -0.05) is 72.3 Å². The SMILES string of the molecule is Cc1ccc(S(=O)(=O)NCC(C)(O)c2ccc(-c3ccccc3)cc2)cc1Cl. The van der Waals surface area contributed by atoms with Gasteiger partial charge in [0.2, 0.25) is 10.0 Å². The topological polar surface area (TPSA) is 66.4 Å². The summed E-state index contributed by atoms with van der Waals surface area (Å²) in [7, 11) is -3.79. The Morgan fingerprint density at radius 3 is 2.18 bits per heavy atom. The van der Waals surface area contributed by atoms with Crippen molar-refractivity contribution in [2.45, 2.75) is 24.3 Å². The first-order valence-corrected chi connectivity index (χ1v) is 10.7. The summed E-state index contributed by atoms with van der Waals surface area (Å²) in [6.07, 6.45) is 0. The molecule has 4 nitrogen and oxygen atoms in total. The van der Waals surface area contributed by atoms with E-state index in [-0.39, 0.29) is 11.4 Å². The fourth-order valence-electron chi connectivity index (χ4n) is 2.81. The van der Waals surface area contributed by atoms with Crippen LogP contribution in [0.1, 0.15) is 18.1 Å². The van der Waals surface area contributed by atoms with E-state index in [4.69, 9.17) is 11.6 Å². The van der Waals surface area contributed by atoms with E-state index in [1.54, 1.807) is 32.0 Å². The largest absolute Gasteiger partial charge is 0.384 e. The zero-order chi connectivity index (χ0) is 20.4. The van der Waals surface area contributed by atoms with Crippen LogP contribution in [0.2, 0.25) is 5.02 Å². The Morgan fingerprint density at radius 1 is 0.964 bits per heavy atom. The van der Waals surface area contributed by atoms with Crippen LogP contribution in [0.3, 0.4) is 0 Å². The van der Waals surface area contributed by atoms with Crippen LogP contribution >= 0.6 is 11.6 Å². The van der Waals surface area contributed by atoms with Crippen molar-refractivity contribution in [1.82, 2.24) is 4.72 Å². The fraction of sp³-hybridized carbons (Fsp3) is 0.182. The van der Waals surface area contributed by atoms with E-state index >= 15 is 0 Å². The average molecular weight is 416 g/mol. The molecular weight excluding hydrogens is 394 g/mol. The maximum absolute atomic E-state index is 12.5. The van der Waals surface area contributed by atoms with Crippen LogP contribution in [0.5, 0.6) is 0 Å². The molecule has 0 saturated heterocycles. The molecule has 146 valence electrons. The van der Waals surface area contributed by atoms with E-state index in [0.717, 1.165) is 16.7 Å². The van der Waals surface area contributed by atoms with Gasteiger partial charge in [-0.3, -0.25) is 0 Å². The number of hydrogen-bond acceptors (Lipinski definition) is 3. The Bertz CT molecular complexity index is 1060. The lowest BCUT2D eigenvalue weighted by molar-refractivity contribution is 0.0627. The third-order valence-electron chi connectivity index (χ3n) is 4.67. The molecule has 0 spiro atoms. The molecule has 3 rings (SSSR count). The molecule has 28 heavy (non-hydrogen) atoms. The molecule has 1 unspecified atom stereocenters. The predicted octanol–water partition coefficient (Wildman–Crippen LogP) is 4.50. The van der Waals surface area contributed by atoms with E-state index in [0.29, 0.717) is 10.6 Å². The molecule has 0 aliphatic carbocycles. The number of hydrogen-bond donors (Lipinski definition) is 2. The van der Waals surface area contributed by atoms with Gasteiger partial charge in [0.1, 0.15) is 5.60 Å². The third-order valence-corrected chi connectivity index (χ3v) is 6.48. The zero-order valence-electron chi connectivity index (χ0n) is 15.7.